The van der Waals surface area contributed by atoms with E-state index in [4.69, 9.17) is 23.4 Å². The van der Waals surface area contributed by atoms with Gasteiger partial charge in [0.15, 0.2) is 17.6 Å². The van der Waals surface area contributed by atoms with Crippen LogP contribution < -0.4 is 19.6 Å². The number of rotatable bonds is 9. The second kappa shape index (κ2) is 10.0. The van der Waals surface area contributed by atoms with E-state index in [1.54, 1.807) is 43.3 Å². The summed E-state index contributed by atoms with van der Waals surface area (Å²) in [6.45, 7) is 8.18. The highest BCUT2D eigenvalue weighted by Gasteiger charge is 2.18. The fourth-order valence-electron chi connectivity index (χ4n) is 2.78. The smallest absolute Gasteiger partial charge is 0.347 e. The van der Waals surface area contributed by atoms with Crippen molar-refractivity contribution in [3.63, 3.8) is 0 Å². The molecule has 1 atom stereocenters. The highest BCUT2D eigenvalue weighted by atomic mass is 16.6. The Labute approximate surface area is 180 Å². The molecule has 31 heavy (non-hydrogen) atoms. The van der Waals surface area contributed by atoms with Crippen LogP contribution in [0.15, 0.2) is 57.9 Å². The topological polar surface area (TPSA) is 84.2 Å². The normalized spacial score (nSPS) is 11.9. The lowest BCUT2D eigenvalue weighted by atomic mass is 10.2. The van der Waals surface area contributed by atoms with Crippen LogP contribution in [0.5, 0.6) is 23.0 Å². The first-order valence-corrected chi connectivity index (χ1v) is 10.2. The van der Waals surface area contributed by atoms with Crippen LogP contribution in [0.1, 0.15) is 27.7 Å². The predicted molar refractivity (Wildman–Crippen MR) is 116 cm³/mol. The van der Waals surface area contributed by atoms with Crippen LogP contribution in [0.2, 0.25) is 0 Å². The molecule has 0 spiro atoms. The van der Waals surface area contributed by atoms with Crippen molar-refractivity contribution < 1.29 is 28.2 Å². The number of hydrogen-bond acceptors (Lipinski definition) is 7. The van der Waals surface area contributed by atoms with Gasteiger partial charge >= 0.3 is 5.97 Å². The number of carbonyl (C=O) groups is 1. The van der Waals surface area contributed by atoms with E-state index in [9.17, 15) is 9.59 Å². The average Bonchev–Trinajstić information content (AvgIpc) is 2.75. The molecule has 0 bridgehead atoms. The van der Waals surface area contributed by atoms with Gasteiger partial charge in [-0.15, -0.1) is 0 Å². The van der Waals surface area contributed by atoms with Gasteiger partial charge in [0.1, 0.15) is 17.6 Å². The highest BCUT2D eigenvalue weighted by Crippen LogP contribution is 2.31. The first-order chi connectivity index (χ1) is 14.9. The molecule has 1 unspecified atom stereocenters. The fourth-order valence-corrected chi connectivity index (χ4v) is 2.78. The van der Waals surface area contributed by atoms with E-state index in [0.29, 0.717) is 41.4 Å². The second-order valence-corrected chi connectivity index (χ2v) is 7.35. The summed E-state index contributed by atoms with van der Waals surface area (Å²) in [5.41, 5.74) is -0.0146. The Kier molecular flexibility index (Phi) is 7.18. The highest BCUT2D eigenvalue weighted by molar-refractivity contribution is 5.79. The van der Waals surface area contributed by atoms with Crippen LogP contribution in [0.4, 0.5) is 0 Å². The fraction of sp³-hybridized carbons (Fsp3) is 0.333. The quantitative estimate of drug-likeness (QED) is 0.448. The van der Waals surface area contributed by atoms with Gasteiger partial charge in [0.25, 0.3) is 0 Å². The number of fused-ring (bicyclic) bond motifs is 1. The van der Waals surface area contributed by atoms with Crippen LogP contribution >= 0.6 is 0 Å². The van der Waals surface area contributed by atoms with Crippen LogP contribution in [0.25, 0.3) is 11.0 Å². The number of para-hydroxylation sites is 2. The molecular weight excluding hydrogens is 400 g/mol. The molecular formula is C24H26O7. The van der Waals surface area contributed by atoms with Gasteiger partial charge in [-0.05, 0) is 44.0 Å². The van der Waals surface area contributed by atoms with Crippen molar-refractivity contribution in [1.29, 1.82) is 0 Å². The van der Waals surface area contributed by atoms with E-state index in [1.807, 2.05) is 26.8 Å². The summed E-state index contributed by atoms with van der Waals surface area (Å²) in [6, 6.07) is 11.8. The van der Waals surface area contributed by atoms with Crippen LogP contribution in [0, 0.1) is 5.92 Å². The lowest BCUT2D eigenvalue weighted by Gasteiger charge is -2.15. The van der Waals surface area contributed by atoms with Crippen molar-refractivity contribution in [3.8, 4) is 23.0 Å². The molecule has 3 rings (SSSR count). The Morgan fingerprint density at radius 1 is 1.03 bits per heavy atom. The maximum absolute atomic E-state index is 12.9. The maximum Gasteiger partial charge on any atom is 0.347 e. The molecule has 1 heterocycles. The molecule has 164 valence electrons. The van der Waals surface area contributed by atoms with Crippen molar-refractivity contribution in [2.75, 3.05) is 13.2 Å². The third-order valence-corrected chi connectivity index (χ3v) is 4.29. The Hall–Kier alpha value is -3.48. The van der Waals surface area contributed by atoms with Gasteiger partial charge in [0.05, 0.1) is 18.6 Å². The summed E-state index contributed by atoms with van der Waals surface area (Å²) < 4.78 is 27.7. The average molecular weight is 426 g/mol. The minimum atomic E-state index is -0.791. The minimum Gasteiger partial charge on any atom is -0.490 e. The Morgan fingerprint density at radius 2 is 1.77 bits per heavy atom. The van der Waals surface area contributed by atoms with Gasteiger partial charge < -0.3 is 23.4 Å². The van der Waals surface area contributed by atoms with Gasteiger partial charge in [-0.1, -0.05) is 26.0 Å². The van der Waals surface area contributed by atoms with Gasteiger partial charge in [-0.3, -0.25) is 4.79 Å². The molecule has 7 heteroatoms. The van der Waals surface area contributed by atoms with Crippen LogP contribution in [-0.2, 0) is 9.53 Å². The first-order valence-electron chi connectivity index (χ1n) is 10.2. The third-order valence-electron chi connectivity index (χ3n) is 4.29. The minimum absolute atomic E-state index is 0.0407. The van der Waals surface area contributed by atoms with Gasteiger partial charge in [-0.2, -0.15) is 0 Å². The Morgan fingerprint density at radius 3 is 2.48 bits per heavy atom. The van der Waals surface area contributed by atoms with Crippen molar-refractivity contribution >= 4 is 16.9 Å². The molecule has 3 aromatic rings. The zero-order valence-corrected chi connectivity index (χ0v) is 18.0. The molecule has 0 N–H and O–H groups in total. The standard InChI is InChI=1S/C24H26O7/c1-5-27-19-8-6-7-9-20(19)31-22-14-28-21-12-17(10-11-18(21)23(22)25)30-16(4)24(26)29-13-15(2)3/h6-12,14-16H,5,13H2,1-4H3. The molecule has 7 nitrogen and oxygen atoms in total. The van der Waals surface area contributed by atoms with Gasteiger partial charge in [0, 0.05) is 6.07 Å². The molecule has 0 aliphatic carbocycles. The molecule has 1 aromatic heterocycles. The molecule has 2 aromatic carbocycles. The van der Waals surface area contributed by atoms with E-state index >= 15 is 0 Å². The number of benzene rings is 2. The van der Waals surface area contributed by atoms with E-state index in [1.165, 1.54) is 6.26 Å². The molecule has 0 radical (unpaired) electrons. The van der Waals surface area contributed by atoms with Crippen LogP contribution in [0.3, 0.4) is 0 Å². The largest absolute Gasteiger partial charge is 0.490 e. The molecule has 0 aliphatic rings. The van der Waals surface area contributed by atoms with E-state index in [-0.39, 0.29) is 17.1 Å². The van der Waals surface area contributed by atoms with Gasteiger partial charge in [0.2, 0.25) is 11.2 Å². The molecule has 0 saturated heterocycles. The van der Waals surface area contributed by atoms with Crippen molar-refractivity contribution in [3.05, 3.63) is 59.0 Å². The summed E-state index contributed by atoms with van der Waals surface area (Å²) in [5, 5.41) is 0.328. The third kappa shape index (κ3) is 5.57. The lowest BCUT2D eigenvalue weighted by molar-refractivity contribution is -0.152. The van der Waals surface area contributed by atoms with Crippen molar-refractivity contribution in [2.24, 2.45) is 5.92 Å². The van der Waals surface area contributed by atoms with Crippen molar-refractivity contribution in [1.82, 2.24) is 0 Å². The molecule has 0 aliphatic heterocycles. The summed E-state index contributed by atoms with van der Waals surface area (Å²) >= 11 is 0. The summed E-state index contributed by atoms with van der Waals surface area (Å²) in [4.78, 5) is 24.9. The zero-order valence-electron chi connectivity index (χ0n) is 18.0. The summed E-state index contributed by atoms with van der Waals surface area (Å²) in [5.74, 6) is 1.17. The number of esters is 1. The number of hydrogen-bond donors (Lipinski definition) is 0. The monoisotopic (exact) mass is 426 g/mol. The maximum atomic E-state index is 12.9. The lowest BCUT2D eigenvalue weighted by Crippen LogP contribution is -2.27. The first kappa shape index (κ1) is 22.2. The Balaban J connectivity index is 1.79. The van der Waals surface area contributed by atoms with Gasteiger partial charge in [-0.25, -0.2) is 4.79 Å². The Bertz CT molecular complexity index is 1100. The van der Waals surface area contributed by atoms with E-state index in [0.717, 1.165) is 0 Å². The van der Waals surface area contributed by atoms with Crippen molar-refractivity contribution in [2.45, 2.75) is 33.8 Å². The number of ether oxygens (including phenoxy) is 4. The summed E-state index contributed by atoms with van der Waals surface area (Å²) in [6.07, 6.45) is 0.456. The predicted octanol–water partition coefficient (Wildman–Crippen LogP) is 4.95. The zero-order chi connectivity index (χ0) is 22.4. The number of carbonyl (C=O) groups excluding carboxylic acids is 1. The second-order valence-electron chi connectivity index (χ2n) is 7.35. The molecule has 0 amide bonds. The van der Waals surface area contributed by atoms with E-state index < -0.39 is 12.1 Å². The SMILES string of the molecule is CCOc1ccccc1Oc1coc2cc(OC(C)C(=O)OCC(C)C)ccc2c1=O. The van der Waals surface area contributed by atoms with Crippen LogP contribution in [-0.4, -0.2) is 25.3 Å². The summed E-state index contributed by atoms with van der Waals surface area (Å²) in [7, 11) is 0. The van der Waals surface area contributed by atoms with E-state index in [2.05, 4.69) is 0 Å². The molecule has 0 saturated carbocycles. The molecule has 0 fully saturated rings.